The van der Waals surface area contributed by atoms with Crippen LogP contribution in [0.3, 0.4) is 0 Å². The molecule has 0 bridgehead atoms. The second kappa shape index (κ2) is 12.6. The molecule has 13 heteroatoms. The van der Waals surface area contributed by atoms with Crippen molar-refractivity contribution in [2.24, 2.45) is 5.92 Å². The predicted molar refractivity (Wildman–Crippen MR) is 165 cm³/mol. The van der Waals surface area contributed by atoms with Gasteiger partial charge in [-0.2, -0.15) is 4.72 Å². The van der Waals surface area contributed by atoms with Crippen LogP contribution >= 0.6 is 0 Å². The average Bonchev–Trinajstić information content (AvgIpc) is 3.31. The summed E-state index contributed by atoms with van der Waals surface area (Å²) >= 11 is 0. The molecule has 0 saturated carbocycles. The smallest absolute Gasteiger partial charge is 0.324 e. The number of fused-ring (bicyclic) bond motifs is 1. The number of nitrogens with one attached hydrogen (secondary N) is 3. The van der Waals surface area contributed by atoms with Gasteiger partial charge in [-0.05, 0) is 60.4 Å². The van der Waals surface area contributed by atoms with Crippen LogP contribution in [-0.4, -0.2) is 54.0 Å². The molecule has 1 aromatic heterocycles. The summed E-state index contributed by atoms with van der Waals surface area (Å²) in [5.41, 5.74) is 3.59. The summed E-state index contributed by atoms with van der Waals surface area (Å²) in [6.07, 6.45) is 1.13. The van der Waals surface area contributed by atoms with Gasteiger partial charge in [0.25, 0.3) is 5.91 Å². The zero-order chi connectivity index (χ0) is 31.5. The van der Waals surface area contributed by atoms with E-state index < -0.39 is 37.8 Å². The van der Waals surface area contributed by atoms with Gasteiger partial charge in [0.2, 0.25) is 10.0 Å². The Morgan fingerprint density at radius 1 is 0.907 bits per heavy atom. The van der Waals surface area contributed by atoms with Crippen molar-refractivity contribution in [3.05, 3.63) is 78.1 Å². The normalized spacial score (nSPS) is 12.7. The molecule has 0 aliphatic rings. The molecule has 0 saturated heterocycles. The zero-order valence-electron chi connectivity index (χ0n) is 24.3. The fourth-order valence-electron chi connectivity index (χ4n) is 4.45. The van der Waals surface area contributed by atoms with E-state index in [1.807, 2.05) is 0 Å². The van der Waals surface area contributed by atoms with Crippen molar-refractivity contribution < 1.29 is 35.6 Å². The highest BCUT2D eigenvalue weighted by molar-refractivity contribution is 7.90. The molecule has 43 heavy (non-hydrogen) atoms. The molecule has 3 aromatic carbocycles. The van der Waals surface area contributed by atoms with Crippen LogP contribution in [0.1, 0.15) is 30.0 Å². The van der Waals surface area contributed by atoms with Crippen LogP contribution in [0.15, 0.2) is 76.0 Å². The number of hydrogen-bond acceptors (Lipinski definition) is 9. The molecule has 1 atom stereocenters. The molecule has 3 N–H and O–H groups in total. The van der Waals surface area contributed by atoms with Crippen molar-refractivity contribution in [3.63, 3.8) is 0 Å². The van der Waals surface area contributed by atoms with E-state index in [1.165, 1.54) is 19.2 Å². The standard InChI is InChI=1S/C30H33N3O8S2/c1-18(2)27(30(35)40-4)33-43(38,39)23-15-11-21(12-16-23)20-9-13-22(14-10-20)32-29(34)28-19(3)26-24(31-17-42(5,36)37)7-6-8-25(26)41-28/h6-16,18,27,31,33H,17H2,1-5H3,(H,32,34). The third kappa shape index (κ3) is 7.42. The van der Waals surface area contributed by atoms with E-state index in [0.29, 0.717) is 27.9 Å². The van der Waals surface area contributed by atoms with Gasteiger partial charge in [-0.3, -0.25) is 9.59 Å². The van der Waals surface area contributed by atoms with Gasteiger partial charge in [0.05, 0.1) is 12.0 Å². The number of carbonyl (C=O) groups is 2. The van der Waals surface area contributed by atoms with Gasteiger partial charge in [0.15, 0.2) is 15.6 Å². The molecule has 1 heterocycles. The van der Waals surface area contributed by atoms with Crippen LogP contribution in [0.2, 0.25) is 0 Å². The number of esters is 1. The maximum atomic E-state index is 13.1. The topological polar surface area (TPSA) is 161 Å². The quantitative estimate of drug-likeness (QED) is 0.203. The number of aryl methyl sites for hydroxylation is 1. The average molecular weight is 628 g/mol. The Morgan fingerprint density at radius 2 is 1.51 bits per heavy atom. The lowest BCUT2D eigenvalue weighted by Crippen LogP contribution is -2.44. The Balaban J connectivity index is 1.48. The number of methoxy groups -OCH3 is 1. The van der Waals surface area contributed by atoms with E-state index in [0.717, 1.165) is 17.4 Å². The zero-order valence-corrected chi connectivity index (χ0v) is 25.9. The van der Waals surface area contributed by atoms with Gasteiger partial charge < -0.3 is 19.8 Å². The number of benzene rings is 3. The lowest BCUT2D eigenvalue weighted by atomic mass is 10.1. The second-order valence-electron chi connectivity index (χ2n) is 10.4. The minimum atomic E-state index is -3.97. The number of carbonyl (C=O) groups excluding carboxylic acids is 2. The molecule has 0 radical (unpaired) electrons. The third-order valence-corrected chi connectivity index (χ3v) is 8.86. The van der Waals surface area contributed by atoms with Crippen molar-refractivity contribution in [2.45, 2.75) is 31.7 Å². The van der Waals surface area contributed by atoms with Crippen LogP contribution in [0.4, 0.5) is 11.4 Å². The van der Waals surface area contributed by atoms with Gasteiger partial charge >= 0.3 is 5.97 Å². The van der Waals surface area contributed by atoms with Gasteiger partial charge in [-0.1, -0.05) is 44.2 Å². The maximum Gasteiger partial charge on any atom is 0.324 e. The van der Waals surface area contributed by atoms with Gasteiger partial charge in [0, 0.05) is 28.6 Å². The van der Waals surface area contributed by atoms with Crippen LogP contribution in [0, 0.1) is 12.8 Å². The van der Waals surface area contributed by atoms with Crippen molar-refractivity contribution in [3.8, 4) is 11.1 Å². The first-order valence-electron chi connectivity index (χ1n) is 13.3. The Kier molecular flexibility index (Phi) is 9.28. The Bertz CT molecular complexity index is 1860. The highest BCUT2D eigenvalue weighted by Gasteiger charge is 2.29. The summed E-state index contributed by atoms with van der Waals surface area (Å²) in [6.45, 7) is 5.16. The van der Waals surface area contributed by atoms with Crippen LogP contribution < -0.4 is 15.4 Å². The number of hydrogen-bond donors (Lipinski definition) is 3. The third-order valence-electron chi connectivity index (χ3n) is 6.73. The monoisotopic (exact) mass is 627 g/mol. The van der Waals surface area contributed by atoms with Crippen molar-refractivity contribution >= 4 is 54.1 Å². The van der Waals surface area contributed by atoms with Crippen molar-refractivity contribution in [1.29, 1.82) is 0 Å². The fraction of sp³-hybridized carbons (Fsp3) is 0.267. The van der Waals surface area contributed by atoms with Crippen LogP contribution in [0.5, 0.6) is 0 Å². The van der Waals surface area contributed by atoms with E-state index in [4.69, 9.17) is 9.15 Å². The summed E-state index contributed by atoms with van der Waals surface area (Å²) in [7, 11) is -6.03. The van der Waals surface area contributed by atoms with Gasteiger partial charge in [-0.15, -0.1) is 0 Å². The van der Waals surface area contributed by atoms with Gasteiger partial charge in [-0.25, -0.2) is 16.8 Å². The van der Waals surface area contributed by atoms with E-state index in [2.05, 4.69) is 15.4 Å². The predicted octanol–water partition coefficient (Wildman–Crippen LogP) is 4.55. The molecule has 0 spiro atoms. The molecular weight excluding hydrogens is 594 g/mol. The maximum absolute atomic E-state index is 13.1. The highest BCUT2D eigenvalue weighted by Crippen LogP contribution is 2.32. The highest BCUT2D eigenvalue weighted by atomic mass is 32.2. The lowest BCUT2D eigenvalue weighted by molar-refractivity contribution is -0.143. The van der Waals surface area contributed by atoms with E-state index in [-0.39, 0.29) is 22.5 Å². The molecule has 11 nitrogen and oxygen atoms in total. The summed E-state index contributed by atoms with van der Waals surface area (Å²) < 4.78 is 61.9. The lowest BCUT2D eigenvalue weighted by Gasteiger charge is -2.19. The first-order valence-corrected chi connectivity index (χ1v) is 16.8. The summed E-state index contributed by atoms with van der Waals surface area (Å²) in [5, 5.41) is 6.32. The number of rotatable bonds is 11. The molecule has 4 rings (SSSR count). The fourth-order valence-corrected chi connectivity index (χ4v) is 6.21. The van der Waals surface area contributed by atoms with Crippen LogP contribution in [0.25, 0.3) is 22.1 Å². The summed E-state index contributed by atoms with van der Waals surface area (Å²) in [4.78, 5) is 25.1. The second-order valence-corrected chi connectivity index (χ2v) is 14.3. The van der Waals surface area contributed by atoms with Gasteiger partial charge in [0.1, 0.15) is 17.5 Å². The van der Waals surface area contributed by atoms with Crippen LogP contribution in [-0.2, 0) is 29.4 Å². The molecule has 1 amide bonds. The molecule has 0 fully saturated rings. The largest absolute Gasteiger partial charge is 0.468 e. The van der Waals surface area contributed by atoms with E-state index >= 15 is 0 Å². The minimum Gasteiger partial charge on any atom is -0.468 e. The SMILES string of the molecule is COC(=O)C(NS(=O)(=O)c1ccc(-c2ccc(NC(=O)c3oc4cccc(NCS(C)(=O)=O)c4c3C)cc2)cc1)C(C)C. The Morgan fingerprint density at radius 3 is 2.07 bits per heavy atom. The molecular formula is C30H33N3O8S2. The Hall–Kier alpha value is -4.20. The number of amides is 1. The summed E-state index contributed by atoms with van der Waals surface area (Å²) in [5.74, 6) is -1.59. The minimum absolute atomic E-state index is 0.00515. The first kappa shape index (κ1) is 31.7. The summed E-state index contributed by atoms with van der Waals surface area (Å²) in [6, 6.07) is 17.3. The van der Waals surface area contributed by atoms with Crippen molar-refractivity contribution in [1.82, 2.24) is 4.72 Å². The number of ether oxygens (including phenoxy) is 1. The van der Waals surface area contributed by atoms with E-state index in [1.54, 1.807) is 75.4 Å². The number of furan rings is 1. The number of sulfone groups is 1. The molecule has 0 aliphatic heterocycles. The number of anilines is 2. The van der Waals surface area contributed by atoms with Crippen molar-refractivity contribution in [2.75, 3.05) is 29.9 Å². The van der Waals surface area contributed by atoms with E-state index in [9.17, 15) is 26.4 Å². The molecule has 4 aromatic rings. The Labute approximate surface area is 250 Å². The molecule has 228 valence electrons. The first-order chi connectivity index (χ1) is 20.2. The molecule has 1 unspecified atom stereocenters. The molecule has 0 aliphatic carbocycles. The number of sulfonamides is 1.